The van der Waals surface area contributed by atoms with Crippen molar-refractivity contribution in [2.45, 2.75) is 58.2 Å². The quantitative estimate of drug-likeness (QED) is 0.386. The van der Waals surface area contributed by atoms with Crippen molar-refractivity contribution in [2.24, 2.45) is 5.41 Å². The number of aromatic nitrogens is 4. The SMILES string of the molecule is Cc1ccc(Br)nc1CC(=O)C1CC2(C)CC2N1C(=O)Cn1nc(NCCC(=O)O)c2ccncc21. The number of anilines is 1. The van der Waals surface area contributed by atoms with Crippen molar-refractivity contribution >= 4 is 50.3 Å². The molecular weight excluding hydrogens is 528 g/mol. The standard InChI is InChI=1S/C25H27BrN6O4/c1-14-3-4-21(26)29-16(14)9-19(33)17-10-25(2)11-20(25)32(17)22(34)13-31-18-12-27-7-5-15(18)24(30-31)28-8-6-23(35)36/h3-5,7,12,17,20H,6,8-11,13H2,1-2H3,(H,28,30)(H,35,36). The van der Waals surface area contributed by atoms with Gasteiger partial charge in [0.25, 0.3) is 0 Å². The molecule has 1 saturated heterocycles. The summed E-state index contributed by atoms with van der Waals surface area (Å²) in [5.74, 6) is -0.575. The topological polar surface area (TPSA) is 130 Å². The Bertz CT molecular complexity index is 1370. The first kappa shape index (κ1) is 24.4. The highest BCUT2D eigenvalue weighted by Crippen LogP contribution is 2.59. The predicted molar refractivity (Wildman–Crippen MR) is 135 cm³/mol. The average Bonchev–Trinajstić information content (AvgIpc) is 3.21. The van der Waals surface area contributed by atoms with E-state index in [1.165, 1.54) is 0 Å². The molecule has 3 unspecified atom stereocenters. The van der Waals surface area contributed by atoms with Crippen molar-refractivity contribution in [1.82, 2.24) is 24.6 Å². The third-order valence-corrected chi connectivity index (χ3v) is 7.72. The monoisotopic (exact) mass is 554 g/mol. The van der Waals surface area contributed by atoms with E-state index >= 15 is 0 Å². The van der Waals surface area contributed by atoms with Crippen LogP contribution in [0.5, 0.6) is 0 Å². The summed E-state index contributed by atoms with van der Waals surface area (Å²) in [4.78, 5) is 48.3. The maximum Gasteiger partial charge on any atom is 0.305 e. The van der Waals surface area contributed by atoms with Gasteiger partial charge in [-0.1, -0.05) is 13.0 Å². The number of piperidine rings is 1. The van der Waals surface area contributed by atoms with Gasteiger partial charge in [0.2, 0.25) is 5.91 Å². The lowest BCUT2D eigenvalue weighted by Crippen LogP contribution is -2.45. The summed E-state index contributed by atoms with van der Waals surface area (Å²) in [6.07, 6.45) is 4.92. The number of nitrogens with zero attached hydrogens (tertiary/aromatic N) is 5. The molecule has 1 aliphatic carbocycles. The minimum Gasteiger partial charge on any atom is -0.481 e. The lowest BCUT2D eigenvalue weighted by Gasteiger charge is -2.27. The van der Waals surface area contributed by atoms with Crippen LogP contribution in [-0.4, -0.2) is 66.0 Å². The molecule has 5 rings (SSSR count). The first-order valence-corrected chi connectivity index (χ1v) is 12.7. The molecule has 1 aliphatic heterocycles. The number of pyridine rings is 2. The van der Waals surface area contributed by atoms with E-state index < -0.39 is 12.0 Å². The van der Waals surface area contributed by atoms with Crippen LogP contribution in [0.1, 0.15) is 37.4 Å². The molecule has 36 heavy (non-hydrogen) atoms. The largest absolute Gasteiger partial charge is 0.481 e. The molecule has 2 fully saturated rings. The van der Waals surface area contributed by atoms with E-state index in [1.807, 2.05) is 19.1 Å². The van der Waals surface area contributed by atoms with Crippen LogP contribution in [0.3, 0.4) is 0 Å². The molecule has 0 spiro atoms. The van der Waals surface area contributed by atoms with Crippen molar-refractivity contribution in [3.63, 3.8) is 0 Å². The number of likely N-dealkylation sites (tertiary alicyclic amines) is 1. The van der Waals surface area contributed by atoms with E-state index in [1.54, 1.807) is 28.0 Å². The Morgan fingerprint density at radius 1 is 1.25 bits per heavy atom. The molecule has 3 aromatic heterocycles. The minimum atomic E-state index is -0.909. The van der Waals surface area contributed by atoms with Crippen molar-refractivity contribution in [3.8, 4) is 0 Å². The zero-order chi connectivity index (χ0) is 25.6. The lowest BCUT2D eigenvalue weighted by atomic mass is 9.96. The number of carboxylic acids is 1. The molecule has 188 valence electrons. The van der Waals surface area contributed by atoms with E-state index in [9.17, 15) is 14.4 Å². The van der Waals surface area contributed by atoms with Gasteiger partial charge < -0.3 is 15.3 Å². The average molecular weight is 555 g/mol. The van der Waals surface area contributed by atoms with E-state index in [-0.39, 0.29) is 49.1 Å². The molecule has 10 nitrogen and oxygen atoms in total. The number of halogens is 1. The number of aliphatic carboxylic acids is 1. The van der Waals surface area contributed by atoms with E-state index in [0.29, 0.717) is 28.1 Å². The summed E-state index contributed by atoms with van der Waals surface area (Å²) in [6.45, 7) is 4.24. The molecule has 4 heterocycles. The van der Waals surface area contributed by atoms with Crippen LogP contribution in [0.4, 0.5) is 5.82 Å². The number of fused-ring (bicyclic) bond motifs is 2. The molecule has 1 saturated carbocycles. The van der Waals surface area contributed by atoms with Gasteiger partial charge in [0.05, 0.1) is 36.3 Å². The van der Waals surface area contributed by atoms with Crippen LogP contribution in [-0.2, 0) is 27.3 Å². The Morgan fingerprint density at radius 3 is 2.83 bits per heavy atom. The first-order chi connectivity index (χ1) is 17.2. The molecular formula is C25H27BrN6O4. The number of carbonyl (C=O) groups is 3. The fraction of sp³-hybridized carbons (Fsp3) is 0.440. The van der Waals surface area contributed by atoms with Gasteiger partial charge in [0.15, 0.2) is 11.6 Å². The highest BCUT2D eigenvalue weighted by molar-refractivity contribution is 9.10. The number of hydrogen-bond acceptors (Lipinski definition) is 7. The number of rotatable bonds is 9. The van der Waals surface area contributed by atoms with Crippen LogP contribution >= 0.6 is 15.9 Å². The molecule has 3 aromatic rings. The summed E-state index contributed by atoms with van der Waals surface area (Å²) < 4.78 is 2.25. The predicted octanol–water partition coefficient (Wildman–Crippen LogP) is 2.98. The number of aryl methyl sites for hydroxylation is 1. The van der Waals surface area contributed by atoms with E-state index in [4.69, 9.17) is 5.11 Å². The maximum atomic E-state index is 13.6. The smallest absolute Gasteiger partial charge is 0.305 e. The van der Waals surface area contributed by atoms with Gasteiger partial charge in [-0.3, -0.25) is 24.0 Å². The van der Waals surface area contributed by atoms with Gasteiger partial charge >= 0.3 is 5.97 Å². The minimum absolute atomic E-state index is 0.00603. The number of carboxylic acid groups (broad SMARTS) is 1. The second-order valence-corrected chi connectivity index (χ2v) is 10.7. The highest BCUT2D eigenvalue weighted by Gasteiger charge is 2.64. The number of ketones is 1. The molecule has 1 amide bonds. The Morgan fingerprint density at radius 2 is 2.06 bits per heavy atom. The van der Waals surface area contributed by atoms with Gasteiger partial charge in [-0.25, -0.2) is 4.98 Å². The third kappa shape index (κ3) is 4.59. The van der Waals surface area contributed by atoms with E-state index in [0.717, 1.165) is 17.4 Å². The zero-order valence-electron chi connectivity index (χ0n) is 20.1. The van der Waals surface area contributed by atoms with Gasteiger partial charge in [-0.2, -0.15) is 5.10 Å². The Kier molecular flexibility index (Phi) is 6.27. The Hall–Kier alpha value is -3.34. The summed E-state index contributed by atoms with van der Waals surface area (Å²) in [7, 11) is 0. The van der Waals surface area contributed by atoms with Crippen LogP contribution in [0.25, 0.3) is 10.9 Å². The summed E-state index contributed by atoms with van der Waals surface area (Å²) in [6, 6.07) is 5.10. The van der Waals surface area contributed by atoms with Crippen LogP contribution in [0, 0.1) is 12.3 Å². The van der Waals surface area contributed by atoms with Crippen molar-refractivity contribution < 1.29 is 19.5 Å². The molecule has 0 bridgehead atoms. The number of carbonyl (C=O) groups excluding carboxylic acids is 2. The van der Waals surface area contributed by atoms with Crippen molar-refractivity contribution in [2.75, 3.05) is 11.9 Å². The zero-order valence-corrected chi connectivity index (χ0v) is 21.7. The van der Waals surface area contributed by atoms with Gasteiger partial charge in [0.1, 0.15) is 11.1 Å². The molecule has 0 aromatic carbocycles. The fourth-order valence-corrected chi connectivity index (χ4v) is 5.53. The molecule has 2 N–H and O–H groups in total. The number of hydrogen-bond donors (Lipinski definition) is 2. The fourth-order valence-electron chi connectivity index (χ4n) is 5.19. The van der Waals surface area contributed by atoms with Crippen molar-refractivity contribution in [3.05, 3.63) is 46.5 Å². The maximum absolute atomic E-state index is 13.6. The number of amides is 1. The number of nitrogens with one attached hydrogen (secondary N) is 1. The summed E-state index contributed by atoms with van der Waals surface area (Å²) in [5, 5.41) is 17.3. The Balaban J connectivity index is 1.36. The van der Waals surface area contributed by atoms with E-state index in [2.05, 4.69) is 43.2 Å². The second kappa shape index (κ2) is 9.27. The second-order valence-electron chi connectivity index (χ2n) is 9.91. The third-order valence-electron chi connectivity index (χ3n) is 7.27. The van der Waals surface area contributed by atoms with Gasteiger partial charge in [-0.05, 0) is 58.8 Å². The van der Waals surface area contributed by atoms with Crippen LogP contribution < -0.4 is 5.32 Å². The van der Waals surface area contributed by atoms with Crippen LogP contribution in [0.2, 0.25) is 0 Å². The molecule has 0 radical (unpaired) electrons. The molecule has 3 atom stereocenters. The van der Waals surface area contributed by atoms with Crippen molar-refractivity contribution in [1.29, 1.82) is 0 Å². The summed E-state index contributed by atoms with van der Waals surface area (Å²) >= 11 is 3.38. The Labute approximate surface area is 216 Å². The highest BCUT2D eigenvalue weighted by atomic mass is 79.9. The van der Waals surface area contributed by atoms with Gasteiger partial charge in [-0.15, -0.1) is 0 Å². The lowest BCUT2D eigenvalue weighted by molar-refractivity contribution is -0.139. The van der Waals surface area contributed by atoms with Crippen LogP contribution in [0.15, 0.2) is 35.2 Å². The number of Topliss-reactive ketones (excluding diaryl/α,β-unsaturated/α-hetero) is 1. The van der Waals surface area contributed by atoms with Gasteiger partial charge in [0, 0.05) is 24.2 Å². The molecule has 2 aliphatic rings. The first-order valence-electron chi connectivity index (χ1n) is 11.9. The summed E-state index contributed by atoms with van der Waals surface area (Å²) in [5.41, 5.74) is 2.29. The molecule has 11 heteroatoms. The normalized spacial score (nSPS) is 22.5.